The molecule has 0 bridgehead atoms. The molecule has 0 aliphatic carbocycles. The SMILES string of the molecule is Clc1ccc(OCc2ccc(-c3nc4c5cnn(-c6ccccc6)c5ncn4n3)o2)cc1. The quantitative estimate of drug-likeness (QED) is 0.375. The number of rotatable bonds is 5. The lowest BCUT2D eigenvalue weighted by Gasteiger charge is -2.03. The molecule has 2 aromatic carbocycles. The molecular weight excluding hydrogens is 428 g/mol. The molecule has 9 heteroatoms. The molecule has 4 heterocycles. The fourth-order valence-corrected chi connectivity index (χ4v) is 3.57. The van der Waals surface area contributed by atoms with E-state index in [9.17, 15) is 0 Å². The van der Waals surface area contributed by atoms with Crippen LogP contribution in [0.4, 0.5) is 0 Å². The Morgan fingerprint density at radius 3 is 2.62 bits per heavy atom. The first-order valence-corrected chi connectivity index (χ1v) is 10.2. The van der Waals surface area contributed by atoms with E-state index in [4.69, 9.17) is 20.8 Å². The fourth-order valence-electron chi connectivity index (χ4n) is 3.44. The van der Waals surface area contributed by atoms with Crippen molar-refractivity contribution in [2.24, 2.45) is 0 Å². The molecule has 0 atom stereocenters. The van der Waals surface area contributed by atoms with Gasteiger partial charge in [0.2, 0.25) is 5.82 Å². The van der Waals surface area contributed by atoms with Crippen LogP contribution in [-0.2, 0) is 6.61 Å². The topological polar surface area (TPSA) is 83.3 Å². The van der Waals surface area contributed by atoms with Gasteiger partial charge >= 0.3 is 0 Å². The van der Waals surface area contributed by atoms with Crippen LogP contribution in [0.3, 0.4) is 0 Å². The van der Waals surface area contributed by atoms with E-state index in [2.05, 4.69) is 20.2 Å². The summed E-state index contributed by atoms with van der Waals surface area (Å²) in [6, 6.07) is 20.7. The Morgan fingerprint density at radius 1 is 0.938 bits per heavy atom. The van der Waals surface area contributed by atoms with E-state index in [1.807, 2.05) is 54.6 Å². The average Bonchev–Trinajstić information content (AvgIpc) is 3.56. The van der Waals surface area contributed by atoms with Gasteiger partial charge in [0.25, 0.3) is 0 Å². The Balaban J connectivity index is 1.30. The number of ether oxygens (including phenoxy) is 1. The molecule has 8 nitrogen and oxygen atoms in total. The largest absolute Gasteiger partial charge is 0.486 e. The highest BCUT2D eigenvalue weighted by Crippen LogP contribution is 2.25. The van der Waals surface area contributed by atoms with Crippen molar-refractivity contribution in [3.8, 4) is 23.0 Å². The minimum absolute atomic E-state index is 0.282. The summed E-state index contributed by atoms with van der Waals surface area (Å²) < 4.78 is 15.0. The lowest BCUT2D eigenvalue weighted by Crippen LogP contribution is -1.98. The monoisotopic (exact) mass is 442 g/mol. The summed E-state index contributed by atoms with van der Waals surface area (Å²) >= 11 is 5.90. The molecule has 0 aliphatic heterocycles. The molecule has 0 saturated carbocycles. The second-order valence-electron chi connectivity index (χ2n) is 7.09. The number of benzene rings is 2. The predicted molar refractivity (Wildman–Crippen MR) is 119 cm³/mol. The summed E-state index contributed by atoms with van der Waals surface area (Å²) in [7, 11) is 0. The molecule has 6 rings (SSSR count). The lowest BCUT2D eigenvalue weighted by molar-refractivity contribution is 0.272. The maximum atomic E-state index is 5.90. The van der Waals surface area contributed by atoms with Crippen LogP contribution in [0.1, 0.15) is 5.76 Å². The zero-order valence-electron chi connectivity index (χ0n) is 16.6. The molecule has 0 fully saturated rings. The molecule has 32 heavy (non-hydrogen) atoms. The summed E-state index contributed by atoms with van der Waals surface area (Å²) in [4.78, 5) is 9.20. The lowest BCUT2D eigenvalue weighted by atomic mass is 10.3. The highest BCUT2D eigenvalue weighted by molar-refractivity contribution is 6.30. The molecular formula is C23H15ClN6O2. The van der Waals surface area contributed by atoms with Crippen molar-refractivity contribution < 1.29 is 9.15 Å². The Morgan fingerprint density at radius 2 is 1.78 bits per heavy atom. The van der Waals surface area contributed by atoms with E-state index in [0.717, 1.165) is 11.1 Å². The van der Waals surface area contributed by atoms with Gasteiger partial charge in [0.1, 0.15) is 24.4 Å². The summed E-state index contributed by atoms with van der Waals surface area (Å²) in [5.74, 6) is 2.38. The highest BCUT2D eigenvalue weighted by atomic mass is 35.5. The number of hydrogen-bond donors (Lipinski definition) is 0. The van der Waals surface area contributed by atoms with Crippen LogP contribution in [0.2, 0.25) is 5.02 Å². The van der Waals surface area contributed by atoms with Crippen molar-refractivity contribution in [2.45, 2.75) is 6.61 Å². The third kappa shape index (κ3) is 3.27. The highest BCUT2D eigenvalue weighted by Gasteiger charge is 2.16. The van der Waals surface area contributed by atoms with Crippen molar-refractivity contribution in [3.63, 3.8) is 0 Å². The number of aromatic nitrogens is 6. The number of furan rings is 1. The van der Waals surface area contributed by atoms with Crippen molar-refractivity contribution in [1.29, 1.82) is 0 Å². The molecule has 6 aromatic rings. The van der Waals surface area contributed by atoms with Gasteiger partial charge in [-0.1, -0.05) is 29.8 Å². The average molecular weight is 443 g/mol. The number of para-hydroxylation sites is 1. The normalized spacial score (nSPS) is 11.4. The van der Waals surface area contributed by atoms with Crippen molar-refractivity contribution in [1.82, 2.24) is 29.4 Å². The first-order valence-electron chi connectivity index (χ1n) is 9.86. The molecule has 0 N–H and O–H groups in total. The van der Waals surface area contributed by atoms with Crippen LogP contribution in [0, 0.1) is 0 Å². The molecule has 0 amide bonds. The number of hydrogen-bond acceptors (Lipinski definition) is 6. The molecule has 0 aliphatic rings. The summed E-state index contributed by atoms with van der Waals surface area (Å²) in [6.45, 7) is 0.282. The van der Waals surface area contributed by atoms with Crippen molar-refractivity contribution >= 4 is 28.3 Å². The Hall–Kier alpha value is -4.17. The predicted octanol–water partition coefficient (Wildman–Crippen LogP) is 4.96. The number of halogens is 1. The van der Waals surface area contributed by atoms with Crippen LogP contribution in [0.25, 0.3) is 34.0 Å². The zero-order valence-corrected chi connectivity index (χ0v) is 17.3. The van der Waals surface area contributed by atoms with Gasteiger partial charge in [-0.25, -0.2) is 19.2 Å². The van der Waals surface area contributed by atoms with E-state index in [0.29, 0.717) is 39.4 Å². The van der Waals surface area contributed by atoms with Gasteiger partial charge in [0, 0.05) is 5.02 Å². The van der Waals surface area contributed by atoms with E-state index < -0.39 is 0 Å². The van der Waals surface area contributed by atoms with E-state index in [1.54, 1.807) is 33.9 Å². The standard InChI is InChI=1S/C23H15ClN6O2/c24-15-6-8-17(9-7-15)31-13-18-10-11-20(32-18)21-27-23-19-12-26-30(16-4-2-1-3-5-16)22(19)25-14-29(23)28-21/h1-12,14H,13H2. The third-order valence-electron chi connectivity index (χ3n) is 4.98. The summed E-state index contributed by atoms with van der Waals surface area (Å²) in [6.07, 6.45) is 3.37. The fraction of sp³-hybridized carbons (Fsp3) is 0.0435. The maximum Gasteiger partial charge on any atom is 0.217 e. The molecule has 4 aromatic heterocycles. The van der Waals surface area contributed by atoms with Crippen molar-refractivity contribution in [3.05, 3.63) is 90.0 Å². The van der Waals surface area contributed by atoms with E-state index in [-0.39, 0.29) is 6.61 Å². The minimum Gasteiger partial charge on any atom is -0.486 e. The van der Waals surface area contributed by atoms with Crippen LogP contribution in [0.15, 0.2) is 83.7 Å². The first-order chi connectivity index (χ1) is 15.7. The van der Waals surface area contributed by atoms with Gasteiger partial charge in [0.05, 0.1) is 17.3 Å². The van der Waals surface area contributed by atoms with Crippen LogP contribution < -0.4 is 4.74 Å². The first kappa shape index (κ1) is 18.6. The molecule has 0 spiro atoms. The van der Waals surface area contributed by atoms with Gasteiger partial charge in [-0.3, -0.25) is 0 Å². The van der Waals surface area contributed by atoms with Gasteiger partial charge in [-0.05, 0) is 48.5 Å². The summed E-state index contributed by atoms with van der Waals surface area (Å²) in [5.41, 5.74) is 2.29. The Labute approximate surface area is 186 Å². The zero-order chi connectivity index (χ0) is 21.5. The van der Waals surface area contributed by atoms with Crippen LogP contribution in [0.5, 0.6) is 5.75 Å². The molecule has 156 valence electrons. The van der Waals surface area contributed by atoms with E-state index in [1.165, 1.54) is 0 Å². The number of fused-ring (bicyclic) bond motifs is 3. The van der Waals surface area contributed by atoms with E-state index >= 15 is 0 Å². The van der Waals surface area contributed by atoms with Crippen molar-refractivity contribution in [2.75, 3.05) is 0 Å². The van der Waals surface area contributed by atoms with Gasteiger partial charge in [0.15, 0.2) is 17.1 Å². The third-order valence-corrected chi connectivity index (χ3v) is 5.23. The van der Waals surface area contributed by atoms with Gasteiger partial charge in [-0.2, -0.15) is 5.10 Å². The van der Waals surface area contributed by atoms with Crippen LogP contribution >= 0.6 is 11.6 Å². The minimum atomic E-state index is 0.282. The Bertz CT molecular complexity index is 1540. The molecule has 0 saturated heterocycles. The second kappa shape index (κ2) is 7.51. The Kier molecular flexibility index (Phi) is 4.36. The maximum absolute atomic E-state index is 5.90. The molecule has 0 radical (unpaired) electrons. The summed E-state index contributed by atoms with van der Waals surface area (Å²) in [5, 5.41) is 10.5. The van der Waals surface area contributed by atoms with Crippen LogP contribution in [-0.4, -0.2) is 29.4 Å². The number of nitrogens with zero attached hydrogens (tertiary/aromatic N) is 6. The second-order valence-corrected chi connectivity index (χ2v) is 7.52. The van der Waals surface area contributed by atoms with Gasteiger partial charge in [-0.15, -0.1) is 5.10 Å². The molecule has 0 unspecified atom stereocenters. The smallest absolute Gasteiger partial charge is 0.217 e. The van der Waals surface area contributed by atoms with Gasteiger partial charge < -0.3 is 9.15 Å².